The van der Waals surface area contributed by atoms with Crippen LogP contribution in [0.15, 0.2) is 47.1 Å². The predicted molar refractivity (Wildman–Crippen MR) is 77.6 cm³/mol. The number of hydrogen-bond acceptors (Lipinski definition) is 4. The largest absolute Gasteiger partial charge is 0.481 e. The van der Waals surface area contributed by atoms with E-state index < -0.39 is 17.8 Å². The maximum atomic E-state index is 12.4. The van der Waals surface area contributed by atoms with E-state index in [-0.39, 0.29) is 18.7 Å². The number of carbonyl (C=O) groups excluding carboxylic acids is 2. The van der Waals surface area contributed by atoms with Crippen molar-refractivity contribution in [3.63, 3.8) is 0 Å². The summed E-state index contributed by atoms with van der Waals surface area (Å²) in [6, 6.07) is 9.07. The van der Waals surface area contributed by atoms with Crippen molar-refractivity contribution in [2.45, 2.75) is 6.42 Å². The molecular formula is C15H14N2O5. The third-order valence-electron chi connectivity index (χ3n) is 2.99. The molecule has 0 saturated heterocycles. The molecule has 0 radical (unpaired) electrons. The summed E-state index contributed by atoms with van der Waals surface area (Å²) >= 11 is 0. The van der Waals surface area contributed by atoms with Crippen molar-refractivity contribution in [2.24, 2.45) is 5.73 Å². The van der Waals surface area contributed by atoms with Crippen molar-refractivity contribution in [3.8, 4) is 0 Å². The van der Waals surface area contributed by atoms with Crippen LogP contribution in [-0.2, 0) is 4.79 Å². The Morgan fingerprint density at radius 3 is 2.32 bits per heavy atom. The van der Waals surface area contributed by atoms with E-state index in [0.29, 0.717) is 11.3 Å². The third kappa shape index (κ3) is 3.51. The first-order valence-corrected chi connectivity index (χ1v) is 6.46. The van der Waals surface area contributed by atoms with E-state index in [2.05, 4.69) is 0 Å². The van der Waals surface area contributed by atoms with Gasteiger partial charge in [0.1, 0.15) is 0 Å². The van der Waals surface area contributed by atoms with Crippen molar-refractivity contribution in [3.05, 3.63) is 54.0 Å². The van der Waals surface area contributed by atoms with E-state index in [9.17, 15) is 14.4 Å². The fraction of sp³-hybridized carbons (Fsp3) is 0.133. The molecule has 1 aromatic heterocycles. The minimum Gasteiger partial charge on any atom is -0.481 e. The Hall–Kier alpha value is -3.09. The third-order valence-corrected chi connectivity index (χ3v) is 2.99. The molecule has 3 N–H and O–H groups in total. The van der Waals surface area contributed by atoms with Crippen LogP contribution in [0.4, 0.5) is 5.69 Å². The molecular weight excluding hydrogens is 288 g/mol. The molecule has 0 aliphatic rings. The number of hydrogen-bond donors (Lipinski definition) is 2. The molecule has 0 unspecified atom stereocenters. The highest BCUT2D eigenvalue weighted by Crippen LogP contribution is 2.19. The Labute approximate surface area is 125 Å². The lowest BCUT2D eigenvalue weighted by atomic mass is 10.1. The molecule has 1 heterocycles. The normalized spacial score (nSPS) is 10.2. The van der Waals surface area contributed by atoms with E-state index >= 15 is 0 Å². The molecule has 114 valence electrons. The summed E-state index contributed by atoms with van der Waals surface area (Å²) in [5, 5.41) is 8.82. The standard InChI is InChI=1S/C15H14N2O5/c16-14(20)10-3-5-11(6-4-10)17(8-7-13(18)19)15(21)12-2-1-9-22-12/h1-6,9H,7-8H2,(H2,16,20)(H,18,19). The summed E-state index contributed by atoms with van der Waals surface area (Å²) in [5.74, 6) is -1.96. The predicted octanol–water partition coefficient (Wildman–Crippen LogP) is 1.50. The first-order valence-electron chi connectivity index (χ1n) is 6.46. The number of anilines is 1. The van der Waals surface area contributed by atoms with Crippen LogP contribution in [-0.4, -0.2) is 29.4 Å². The van der Waals surface area contributed by atoms with Crippen molar-refractivity contribution in [1.29, 1.82) is 0 Å². The summed E-state index contributed by atoms with van der Waals surface area (Å²) in [5.41, 5.74) is 5.91. The van der Waals surface area contributed by atoms with Gasteiger partial charge in [0.15, 0.2) is 5.76 Å². The molecule has 0 spiro atoms. The number of benzene rings is 1. The van der Waals surface area contributed by atoms with Gasteiger partial charge in [0.2, 0.25) is 5.91 Å². The number of carboxylic acid groups (broad SMARTS) is 1. The first-order chi connectivity index (χ1) is 10.5. The van der Waals surface area contributed by atoms with Crippen LogP contribution < -0.4 is 10.6 Å². The zero-order chi connectivity index (χ0) is 16.1. The molecule has 2 aromatic rings. The summed E-state index contributed by atoms with van der Waals surface area (Å²) in [6.07, 6.45) is 1.14. The molecule has 0 aliphatic carbocycles. The fourth-order valence-corrected chi connectivity index (χ4v) is 1.89. The van der Waals surface area contributed by atoms with Gasteiger partial charge in [0.25, 0.3) is 5.91 Å². The van der Waals surface area contributed by atoms with Crippen molar-refractivity contribution >= 4 is 23.5 Å². The van der Waals surface area contributed by atoms with E-state index in [0.717, 1.165) is 0 Å². The number of amides is 2. The van der Waals surface area contributed by atoms with E-state index in [1.165, 1.54) is 41.5 Å². The maximum absolute atomic E-state index is 12.4. The number of rotatable bonds is 6. The number of furan rings is 1. The quantitative estimate of drug-likeness (QED) is 0.839. The van der Waals surface area contributed by atoms with Gasteiger partial charge in [-0.3, -0.25) is 14.4 Å². The fourth-order valence-electron chi connectivity index (χ4n) is 1.89. The van der Waals surface area contributed by atoms with E-state index in [1.807, 2.05) is 0 Å². The minimum atomic E-state index is -1.02. The van der Waals surface area contributed by atoms with Gasteiger partial charge in [-0.05, 0) is 36.4 Å². The van der Waals surface area contributed by atoms with Crippen LogP contribution >= 0.6 is 0 Å². The molecule has 2 amide bonds. The highest BCUT2D eigenvalue weighted by Gasteiger charge is 2.21. The number of nitrogens with zero attached hydrogens (tertiary/aromatic N) is 1. The molecule has 2 rings (SSSR count). The highest BCUT2D eigenvalue weighted by molar-refractivity contribution is 6.04. The maximum Gasteiger partial charge on any atom is 0.305 e. The van der Waals surface area contributed by atoms with Crippen LogP contribution in [0.25, 0.3) is 0 Å². The van der Waals surface area contributed by atoms with E-state index in [4.69, 9.17) is 15.3 Å². The average molecular weight is 302 g/mol. The lowest BCUT2D eigenvalue weighted by molar-refractivity contribution is -0.136. The summed E-state index contributed by atoms with van der Waals surface area (Å²) < 4.78 is 5.05. The number of aliphatic carboxylic acids is 1. The van der Waals surface area contributed by atoms with Crippen molar-refractivity contribution in [2.75, 3.05) is 11.4 Å². The van der Waals surface area contributed by atoms with Crippen LogP contribution in [0.1, 0.15) is 27.3 Å². The highest BCUT2D eigenvalue weighted by atomic mass is 16.4. The molecule has 0 bridgehead atoms. The van der Waals surface area contributed by atoms with Gasteiger partial charge in [-0.15, -0.1) is 0 Å². The lowest BCUT2D eigenvalue weighted by Gasteiger charge is -2.21. The number of carboxylic acids is 1. The Kier molecular flexibility index (Phi) is 4.57. The summed E-state index contributed by atoms with van der Waals surface area (Å²) in [4.78, 5) is 35.5. The van der Waals surface area contributed by atoms with Gasteiger partial charge in [-0.2, -0.15) is 0 Å². The van der Waals surface area contributed by atoms with Gasteiger partial charge in [0.05, 0.1) is 12.7 Å². The van der Waals surface area contributed by atoms with Crippen LogP contribution in [0.3, 0.4) is 0 Å². The zero-order valence-corrected chi connectivity index (χ0v) is 11.6. The van der Waals surface area contributed by atoms with E-state index in [1.54, 1.807) is 6.07 Å². The molecule has 1 aromatic carbocycles. The van der Waals surface area contributed by atoms with Gasteiger partial charge in [-0.25, -0.2) is 0 Å². The van der Waals surface area contributed by atoms with Crippen molar-refractivity contribution in [1.82, 2.24) is 0 Å². The number of carbonyl (C=O) groups is 3. The molecule has 0 aliphatic heterocycles. The Morgan fingerprint density at radius 1 is 1.14 bits per heavy atom. The summed E-state index contributed by atoms with van der Waals surface area (Å²) in [7, 11) is 0. The van der Waals surface area contributed by atoms with Gasteiger partial charge in [0, 0.05) is 17.8 Å². The SMILES string of the molecule is NC(=O)c1ccc(N(CCC(=O)O)C(=O)c2ccco2)cc1. The minimum absolute atomic E-state index is 0.0230. The number of primary amides is 1. The summed E-state index contributed by atoms with van der Waals surface area (Å²) in [6.45, 7) is -0.0230. The topological polar surface area (TPSA) is 114 Å². The molecule has 0 atom stereocenters. The molecule has 7 heteroatoms. The monoisotopic (exact) mass is 302 g/mol. The van der Waals surface area contributed by atoms with Gasteiger partial charge >= 0.3 is 5.97 Å². The Balaban J connectivity index is 2.28. The Morgan fingerprint density at radius 2 is 1.82 bits per heavy atom. The van der Waals surface area contributed by atoms with Crippen molar-refractivity contribution < 1.29 is 23.9 Å². The van der Waals surface area contributed by atoms with Crippen LogP contribution in [0.2, 0.25) is 0 Å². The smallest absolute Gasteiger partial charge is 0.305 e. The number of nitrogens with two attached hydrogens (primary N) is 1. The van der Waals surface area contributed by atoms with Gasteiger partial charge < -0.3 is 20.2 Å². The molecule has 0 saturated carbocycles. The second-order valence-corrected chi connectivity index (χ2v) is 4.49. The first kappa shape index (κ1) is 15.3. The molecule has 22 heavy (non-hydrogen) atoms. The van der Waals surface area contributed by atoms with Crippen LogP contribution in [0.5, 0.6) is 0 Å². The second-order valence-electron chi connectivity index (χ2n) is 4.49. The van der Waals surface area contributed by atoms with Crippen LogP contribution in [0, 0.1) is 0 Å². The lowest BCUT2D eigenvalue weighted by Crippen LogP contribution is -2.32. The second kappa shape index (κ2) is 6.57. The average Bonchev–Trinajstić information content (AvgIpc) is 3.01. The molecule has 0 fully saturated rings. The Bertz CT molecular complexity index is 676. The molecule has 7 nitrogen and oxygen atoms in total. The van der Waals surface area contributed by atoms with Gasteiger partial charge in [-0.1, -0.05) is 0 Å². The zero-order valence-electron chi connectivity index (χ0n) is 11.6.